The highest BCUT2D eigenvalue weighted by Gasteiger charge is 2.09. The molecule has 0 aliphatic heterocycles. The van der Waals surface area contributed by atoms with E-state index in [0.717, 1.165) is 0 Å². The highest BCUT2D eigenvalue weighted by Crippen LogP contribution is 2.15. The molecule has 1 aromatic rings. The van der Waals surface area contributed by atoms with Gasteiger partial charge in [0.1, 0.15) is 0 Å². The number of carboxylic acids is 1. The predicted molar refractivity (Wildman–Crippen MR) is 62.8 cm³/mol. The number of aliphatic hydroxyl groups excluding tert-OH is 1. The van der Waals surface area contributed by atoms with Crippen LogP contribution in [0.25, 0.3) is 0 Å². The molecule has 88 valence electrons. The standard InChI is InChI=1S/C12H17NO3/c1-9(6-7-14)8-13-11-5-3-2-4-10(11)12(15)16/h2-5,9,13-14H,6-8H2,1H3,(H,15,16). The van der Waals surface area contributed by atoms with E-state index >= 15 is 0 Å². The SMILES string of the molecule is CC(CCO)CNc1ccccc1C(=O)O. The summed E-state index contributed by atoms with van der Waals surface area (Å²) in [7, 11) is 0. The third kappa shape index (κ3) is 3.55. The van der Waals surface area contributed by atoms with Crippen LogP contribution in [0, 0.1) is 5.92 Å². The number of anilines is 1. The molecule has 3 N–H and O–H groups in total. The van der Waals surface area contributed by atoms with Gasteiger partial charge in [-0.2, -0.15) is 0 Å². The molecule has 0 aromatic heterocycles. The lowest BCUT2D eigenvalue weighted by Crippen LogP contribution is -2.14. The molecule has 0 heterocycles. The Balaban J connectivity index is 2.63. The molecular formula is C12H17NO3. The zero-order valence-electron chi connectivity index (χ0n) is 9.31. The zero-order chi connectivity index (χ0) is 12.0. The van der Waals surface area contributed by atoms with Gasteiger partial charge < -0.3 is 15.5 Å². The van der Waals surface area contributed by atoms with Crippen molar-refractivity contribution in [2.45, 2.75) is 13.3 Å². The van der Waals surface area contributed by atoms with Gasteiger partial charge in [-0.3, -0.25) is 0 Å². The van der Waals surface area contributed by atoms with Crippen LogP contribution < -0.4 is 5.32 Å². The molecule has 4 nitrogen and oxygen atoms in total. The van der Waals surface area contributed by atoms with Gasteiger partial charge in [0.05, 0.1) is 5.56 Å². The molecule has 0 spiro atoms. The minimum atomic E-state index is -0.932. The number of para-hydroxylation sites is 1. The zero-order valence-corrected chi connectivity index (χ0v) is 9.31. The maximum atomic E-state index is 10.9. The Morgan fingerprint density at radius 2 is 2.12 bits per heavy atom. The van der Waals surface area contributed by atoms with E-state index in [9.17, 15) is 4.79 Å². The third-order valence-corrected chi connectivity index (χ3v) is 2.42. The summed E-state index contributed by atoms with van der Waals surface area (Å²) in [5.41, 5.74) is 0.901. The molecule has 0 aliphatic carbocycles. The van der Waals surface area contributed by atoms with E-state index in [4.69, 9.17) is 10.2 Å². The fraction of sp³-hybridized carbons (Fsp3) is 0.417. The van der Waals surface area contributed by atoms with Gasteiger partial charge >= 0.3 is 5.97 Å². The molecule has 0 bridgehead atoms. The normalized spacial score (nSPS) is 12.1. The van der Waals surface area contributed by atoms with Crippen LogP contribution in [-0.4, -0.2) is 29.3 Å². The Morgan fingerprint density at radius 1 is 1.44 bits per heavy atom. The van der Waals surface area contributed by atoms with Gasteiger partial charge in [-0.25, -0.2) is 4.79 Å². The second-order valence-electron chi connectivity index (χ2n) is 3.85. The summed E-state index contributed by atoms with van der Waals surface area (Å²) >= 11 is 0. The van der Waals surface area contributed by atoms with Crippen molar-refractivity contribution in [1.82, 2.24) is 0 Å². The number of aliphatic hydroxyl groups is 1. The molecule has 0 radical (unpaired) electrons. The van der Waals surface area contributed by atoms with Crippen molar-refractivity contribution < 1.29 is 15.0 Å². The first-order valence-corrected chi connectivity index (χ1v) is 5.32. The molecule has 0 saturated carbocycles. The number of rotatable bonds is 6. The fourth-order valence-corrected chi connectivity index (χ4v) is 1.43. The predicted octanol–water partition coefficient (Wildman–Crippen LogP) is 1.82. The van der Waals surface area contributed by atoms with Gasteiger partial charge in [-0.15, -0.1) is 0 Å². The Labute approximate surface area is 94.9 Å². The molecule has 16 heavy (non-hydrogen) atoms. The second-order valence-corrected chi connectivity index (χ2v) is 3.85. The van der Waals surface area contributed by atoms with Gasteiger partial charge in [-0.1, -0.05) is 19.1 Å². The molecule has 1 atom stereocenters. The minimum Gasteiger partial charge on any atom is -0.478 e. The van der Waals surface area contributed by atoms with Crippen molar-refractivity contribution >= 4 is 11.7 Å². The number of benzene rings is 1. The van der Waals surface area contributed by atoms with Crippen molar-refractivity contribution in [3.8, 4) is 0 Å². The van der Waals surface area contributed by atoms with Crippen molar-refractivity contribution in [2.24, 2.45) is 5.92 Å². The van der Waals surface area contributed by atoms with Crippen molar-refractivity contribution in [3.05, 3.63) is 29.8 Å². The quantitative estimate of drug-likeness (QED) is 0.688. The molecule has 0 amide bonds. The van der Waals surface area contributed by atoms with E-state index in [0.29, 0.717) is 24.6 Å². The van der Waals surface area contributed by atoms with Crippen LogP contribution in [0.3, 0.4) is 0 Å². The summed E-state index contributed by atoms with van der Waals surface area (Å²) in [5, 5.41) is 20.8. The number of hydrogen-bond donors (Lipinski definition) is 3. The van der Waals surface area contributed by atoms with Crippen LogP contribution in [0.4, 0.5) is 5.69 Å². The van der Waals surface area contributed by atoms with Crippen LogP contribution >= 0.6 is 0 Å². The molecule has 4 heteroatoms. The Hall–Kier alpha value is -1.55. The molecule has 0 saturated heterocycles. The first-order chi connectivity index (χ1) is 7.65. The summed E-state index contributed by atoms with van der Waals surface area (Å²) in [6.45, 7) is 2.82. The number of hydrogen-bond acceptors (Lipinski definition) is 3. The third-order valence-electron chi connectivity index (χ3n) is 2.42. The van der Waals surface area contributed by atoms with Crippen LogP contribution in [0.1, 0.15) is 23.7 Å². The summed E-state index contributed by atoms with van der Waals surface area (Å²) in [6.07, 6.45) is 0.711. The summed E-state index contributed by atoms with van der Waals surface area (Å²) < 4.78 is 0. The first-order valence-electron chi connectivity index (χ1n) is 5.32. The van der Waals surface area contributed by atoms with Crippen molar-refractivity contribution in [2.75, 3.05) is 18.5 Å². The van der Waals surface area contributed by atoms with Gasteiger partial charge in [0.25, 0.3) is 0 Å². The van der Waals surface area contributed by atoms with Gasteiger partial charge in [0.15, 0.2) is 0 Å². The molecule has 1 aromatic carbocycles. The van der Waals surface area contributed by atoms with E-state index in [1.807, 2.05) is 6.92 Å². The van der Waals surface area contributed by atoms with Gasteiger partial charge in [0, 0.05) is 18.8 Å². The van der Waals surface area contributed by atoms with Crippen LogP contribution in [0.15, 0.2) is 24.3 Å². The van der Waals surface area contributed by atoms with E-state index in [1.54, 1.807) is 24.3 Å². The Morgan fingerprint density at radius 3 is 2.75 bits per heavy atom. The first kappa shape index (κ1) is 12.5. The number of carbonyl (C=O) groups is 1. The maximum absolute atomic E-state index is 10.9. The number of aromatic carboxylic acids is 1. The summed E-state index contributed by atoms with van der Waals surface area (Å²) in [6, 6.07) is 6.81. The topological polar surface area (TPSA) is 69.6 Å². The van der Waals surface area contributed by atoms with Crippen LogP contribution in [0.2, 0.25) is 0 Å². The lowest BCUT2D eigenvalue weighted by molar-refractivity contribution is 0.0698. The number of nitrogens with one attached hydrogen (secondary N) is 1. The average molecular weight is 223 g/mol. The Bertz CT molecular complexity index is 352. The number of carboxylic acid groups (broad SMARTS) is 1. The average Bonchev–Trinajstić information content (AvgIpc) is 2.27. The smallest absolute Gasteiger partial charge is 0.337 e. The largest absolute Gasteiger partial charge is 0.478 e. The second kappa shape index (κ2) is 6.12. The highest BCUT2D eigenvalue weighted by molar-refractivity contribution is 5.94. The van der Waals surface area contributed by atoms with Crippen LogP contribution in [-0.2, 0) is 0 Å². The van der Waals surface area contributed by atoms with Crippen molar-refractivity contribution in [1.29, 1.82) is 0 Å². The monoisotopic (exact) mass is 223 g/mol. The van der Waals surface area contributed by atoms with Gasteiger partial charge in [-0.05, 0) is 24.5 Å². The fourth-order valence-electron chi connectivity index (χ4n) is 1.43. The molecule has 1 rings (SSSR count). The highest BCUT2D eigenvalue weighted by atomic mass is 16.4. The minimum absolute atomic E-state index is 0.156. The lowest BCUT2D eigenvalue weighted by Gasteiger charge is -2.13. The van der Waals surface area contributed by atoms with E-state index in [-0.39, 0.29) is 12.2 Å². The van der Waals surface area contributed by atoms with E-state index in [2.05, 4.69) is 5.32 Å². The van der Waals surface area contributed by atoms with Gasteiger partial charge in [0.2, 0.25) is 0 Å². The van der Waals surface area contributed by atoms with E-state index in [1.165, 1.54) is 0 Å². The maximum Gasteiger partial charge on any atom is 0.337 e. The molecule has 0 fully saturated rings. The van der Waals surface area contributed by atoms with Crippen molar-refractivity contribution in [3.63, 3.8) is 0 Å². The summed E-state index contributed by atoms with van der Waals surface area (Å²) in [5.74, 6) is -0.621. The molecule has 0 aliphatic rings. The van der Waals surface area contributed by atoms with E-state index < -0.39 is 5.97 Å². The summed E-state index contributed by atoms with van der Waals surface area (Å²) in [4.78, 5) is 10.9. The molecular weight excluding hydrogens is 206 g/mol. The molecule has 1 unspecified atom stereocenters. The van der Waals surface area contributed by atoms with Crippen LogP contribution in [0.5, 0.6) is 0 Å². The lowest BCUT2D eigenvalue weighted by atomic mass is 10.1. The Kier molecular flexibility index (Phi) is 4.79.